The molecule has 0 spiro atoms. The lowest BCUT2D eigenvalue weighted by molar-refractivity contribution is -0.127. The Hall–Kier alpha value is -2.41. The number of H-pyrrole nitrogens is 1. The highest BCUT2D eigenvalue weighted by Gasteiger charge is 2.37. The van der Waals surface area contributed by atoms with Crippen molar-refractivity contribution in [1.29, 1.82) is 0 Å². The van der Waals surface area contributed by atoms with E-state index in [4.69, 9.17) is 0 Å². The van der Waals surface area contributed by atoms with E-state index in [1.165, 1.54) is 7.05 Å². The molecule has 2 amide bonds. The van der Waals surface area contributed by atoms with Crippen LogP contribution in [0.2, 0.25) is 0 Å². The monoisotopic (exact) mass is 316 g/mol. The van der Waals surface area contributed by atoms with Gasteiger partial charge in [0.15, 0.2) is 5.69 Å². The zero-order chi connectivity index (χ0) is 16.4. The zero-order valence-electron chi connectivity index (χ0n) is 13.0. The summed E-state index contributed by atoms with van der Waals surface area (Å²) in [6, 6.07) is 7.43. The number of aromatic nitrogens is 2. The van der Waals surface area contributed by atoms with Crippen molar-refractivity contribution in [3.05, 3.63) is 30.0 Å². The van der Waals surface area contributed by atoms with Crippen LogP contribution >= 0.6 is 0 Å². The van der Waals surface area contributed by atoms with E-state index in [1.807, 2.05) is 24.3 Å². The SMILES string of the molecule is CNC(=O)CC1(O)CCCN(C(=O)c2n[nH]c3ccccc23)C1. The Kier molecular flexibility index (Phi) is 4.04. The van der Waals surface area contributed by atoms with Crippen molar-refractivity contribution in [2.24, 2.45) is 0 Å². The van der Waals surface area contributed by atoms with Crippen molar-refractivity contribution in [3.8, 4) is 0 Å². The standard InChI is InChI=1S/C16H20N4O3/c1-17-13(21)9-16(23)7-4-8-20(10-16)15(22)14-11-5-2-3-6-12(11)18-19-14/h2-3,5-6,23H,4,7-10H2,1H3,(H,17,21)(H,18,19). The third-order valence-corrected chi connectivity index (χ3v) is 4.28. The fourth-order valence-electron chi connectivity index (χ4n) is 3.09. The minimum absolute atomic E-state index is 0.00536. The molecule has 3 rings (SSSR count). The molecule has 1 aliphatic heterocycles. The Morgan fingerprint density at radius 1 is 1.43 bits per heavy atom. The number of hydrogen-bond donors (Lipinski definition) is 3. The van der Waals surface area contributed by atoms with Crippen LogP contribution < -0.4 is 5.32 Å². The first-order valence-electron chi connectivity index (χ1n) is 7.68. The van der Waals surface area contributed by atoms with Crippen LogP contribution in [-0.2, 0) is 4.79 Å². The number of nitrogens with zero attached hydrogens (tertiary/aromatic N) is 2. The van der Waals surface area contributed by atoms with Gasteiger partial charge in [0.2, 0.25) is 5.91 Å². The summed E-state index contributed by atoms with van der Waals surface area (Å²) in [7, 11) is 1.54. The molecular weight excluding hydrogens is 296 g/mol. The summed E-state index contributed by atoms with van der Waals surface area (Å²) in [6.45, 7) is 0.691. The van der Waals surface area contributed by atoms with Crippen LogP contribution in [0.3, 0.4) is 0 Å². The lowest BCUT2D eigenvalue weighted by atomic mass is 9.89. The number of fused-ring (bicyclic) bond motifs is 1. The van der Waals surface area contributed by atoms with E-state index in [1.54, 1.807) is 4.90 Å². The summed E-state index contributed by atoms with van der Waals surface area (Å²) in [5.41, 5.74) is -0.0293. The van der Waals surface area contributed by atoms with Gasteiger partial charge in [0, 0.05) is 19.0 Å². The third kappa shape index (κ3) is 3.05. The number of para-hydroxylation sites is 1. The Morgan fingerprint density at radius 3 is 3.00 bits per heavy atom. The van der Waals surface area contributed by atoms with Gasteiger partial charge in [-0.2, -0.15) is 5.10 Å². The maximum absolute atomic E-state index is 12.7. The van der Waals surface area contributed by atoms with E-state index in [2.05, 4.69) is 15.5 Å². The lowest BCUT2D eigenvalue weighted by Gasteiger charge is -2.38. The molecule has 1 fully saturated rings. The number of aromatic amines is 1. The first kappa shape index (κ1) is 15.5. The maximum atomic E-state index is 12.7. The molecule has 7 heteroatoms. The van der Waals surface area contributed by atoms with Crippen LogP contribution in [0.4, 0.5) is 0 Å². The molecule has 1 saturated heterocycles. The number of β-amino-alcohol motifs (C(OH)–C–C–N with tert-alkyl or cyclic N) is 1. The largest absolute Gasteiger partial charge is 0.388 e. The van der Waals surface area contributed by atoms with Crippen LogP contribution in [0, 0.1) is 0 Å². The maximum Gasteiger partial charge on any atom is 0.275 e. The Balaban J connectivity index is 1.81. The smallest absolute Gasteiger partial charge is 0.275 e. The summed E-state index contributed by atoms with van der Waals surface area (Å²) in [5.74, 6) is -0.454. The topological polar surface area (TPSA) is 98.3 Å². The van der Waals surface area contributed by atoms with Crippen LogP contribution in [0.15, 0.2) is 24.3 Å². The van der Waals surface area contributed by atoms with Gasteiger partial charge in [0.1, 0.15) is 0 Å². The summed E-state index contributed by atoms with van der Waals surface area (Å²) >= 11 is 0. The van der Waals surface area contributed by atoms with Crippen molar-refractivity contribution >= 4 is 22.7 Å². The van der Waals surface area contributed by atoms with Crippen molar-refractivity contribution in [3.63, 3.8) is 0 Å². The highest BCUT2D eigenvalue weighted by molar-refractivity contribution is 6.04. The van der Waals surface area contributed by atoms with Gasteiger partial charge in [0.25, 0.3) is 5.91 Å². The predicted molar refractivity (Wildman–Crippen MR) is 84.9 cm³/mol. The molecule has 0 saturated carbocycles. The fraction of sp³-hybridized carbons (Fsp3) is 0.438. The van der Waals surface area contributed by atoms with E-state index in [-0.39, 0.29) is 24.8 Å². The molecule has 0 bridgehead atoms. The Labute approximate surface area is 133 Å². The molecule has 1 aromatic carbocycles. The van der Waals surface area contributed by atoms with Gasteiger partial charge < -0.3 is 15.3 Å². The molecule has 3 N–H and O–H groups in total. The quantitative estimate of drug-likeness (QED) is 0.775. The number of hydrogen-bond acceptors (Lipinski definition) is 4. The number of piperidine rings is 1. The number of rotatable bonds is 3. The van der Waals surface area contributed by atoms with Crippen LogP contribution in [0.5, 0.6) is 0 Å². The molecule has 7 nitrogen and oxygen atoms in total. The number of likely N-dealkylation sites (tertiary alicyclic amines) is 1. The Bertz CT molecular complexity index is 742. The number of carbonyl (C=O) groups is 2. The minimum Gasteiger partial charge on any atom is -0.388 e. The van der Waals surface area contributed by atoms with Gasteiger partial charge in [0.05, 0.1) is 24.1 Å². The van der Waals surface area contributed by atoms with Crippen molar-refractivity contribution in [1.82, 2.24) is 20.4 Å². The number of amides is 2. The summed E-state index contributed by atoms with van der Waals surface area (Å²) in [4.78, 5) is 25.9. The Morgan fingerprint density at radius 2 is 2.22 bits per heavy atom. The summed E-state index contributed by atoms with van der Waals surface area (Å²) in [5, 5.41) is 20.9. The van der Waals surface area contributed by atoms with Crippen molar-refractivity contribution < 1.29 is 14.7 Å². The highest BCUT2D eigenvalue weighted by atomic mass is 16.3. The van der Waals surface area contributed by atoms with Gasteiger partial charge in [-0.05, 0) is 18.9 Å². The summed E-state index contributed by atoms with van der Waals surface area (Å²) < 4.78 is 0. The second-order valence-electron chi connectivity index (χ2n) is 6.02. The second-order valence-corrected chi connectivity index (χ2v) is 6.02. The first-order chi connectivity index (χ1) is 11.0. The van der Waals surface area contributed by atoms with Crippen LogP contribution in [-0.4, -0.2) is 57.8 Å². The zero-order valence-corrected chi connectivity index (χ0v) is 13.0. The van der Waals surface area contributed by atoms with Crippen molar-refractivity contribution in [2.45, 2.75) is 24.9 Å². The van der Waals surface area contributed by atoms with Gasteiger partial charge >= 0.3 is 0 Å². The predicted octanol–water partition coefficient (Wildman–Crippen LogP) is 0.666. The molecule has 2 heterocycles. The molecule has 1 aromatic heterocycles. The molecule has 122 valence electrons. The average Bonchev–Trinajstić information content (AvgIpc) is 2.97. The minimum atomic E-state index is -1.18. The molecular formula is C16H20N4O3. The third-order valence-electron chi connectivity index (χ3n) is 4.28. The fourth-order valence-corrected chi connectivity index (χ4v) is 3.09. The second kappa shape index (κ2) is 6.00. The van der Waals surface area contributed by atoms with Gasteiger partial charge in [-0.3, -0.25) is 14.7 Å². The normalized spacial score (nSPS) is 21.4. The lowest BCUT2D eigenvalue weighted by Crippen LogP contribution is -2.52. The van der Waals surface area contributed by atoms with Gasteiger partial charge in [-0.1, -0.05) is 18.2 Å². The number of nitrogens with one attached hydrogen (secondary N) is 2. The molecule has 0 radical (unpaired) electrons. The highest BCUT2D eigenvalue weighted by Crippen LogP contribution is 2.26. The molecule has 1 aliphatic rings. The van der Waals surface area contributed by atoms with Crippen molar-refractivity contribution in [2.75, 3.05) is 20.1 Å². The van der Waals surface area contributed by atoms with Crippen LogP contribution in [0.25, 0.3) is 10.9 Å². The van der Waals surface area contributed by atoms with E-state index in [9.17, 15) is 14.7 Å². The van der Waals surface area contributed by atoms with Crippen LogP contribution in [0.1, 0.15) is 29.8 Å². The summed E-state index contributed by atoms with van der Waals surface area (Å²) in [6.07, 6.45) is 1.15. The van der Waals surface area contributed by atoms with Gasteiger partial charge in [-0.25, -0.2) is 0 Å². The molecule has 0 aliphatic carbocycles. The molecule has 1 unspecified atom stereocenters. The van der Waals surface area contributed by atoms with E-state index >= 15 is 0 Å². The number of aliphatic hydroxyl groups is 1. The first-order valence-corrected chi connectivity index (χ1v) is 7.68. The molecule has 1 atom stereocenters. The number of carbonyl (C=O) groups excluding carboxylic acids is 2. The van der Waals surface area contributed by atoms with E-state index in [0.717, 1.165) is 10.9 Å². The molecule has 23 heavy (non-hydrogen) atoms. The van der Waals surface area contributed by atoms with E-state index in [0.29, 0.717) is 25.1 Å². The van der Waals surface area contributed by atoms with Gasteiger partial charge in [-0.15, -0.1) is 0 Å². The number of benzene rings is 1. The van der Waals surface area contributed by atoms with E-state index < -0.39 is 5.60 Å². The average molecular weight is 316 g/mol. The molecule has 2 aromatic rings.